The van der Waals surface area contributed by atoms with E-state index in [1.165, 1.54) is 0 Å². The molecule has 0 aromatic carbocycles. The fraction of sp³-hybridized carbons (Fsp3) is 0.786. The van der Waals surface area contributed by atoms with Gasteiger partial charge in [-0.15, -0.1) is 0 Å². The molecule has 1 unspecified atom stereocenters. The Labute approximate surface area is 119 Å². The smallest absolute Gasteiger partial charge is 0.185 e. The van der Waals surface area contributed by atoms with Gasteiger partial charge in [-0.25, -0.2) is 4.98 Å². The first-order valence-electron chi connectivity index (χ1n) is 7.24. The van der Waals surface area contributed by atoms with Crippen LogP contribution in [0.5, 0.6) is 0 Å². The summed E-state index contributed by atoms with van der Waals surface area (Å²) >= 11 is 1.64. The number of aryl methyl sites for hydroxylation is 1. The Hall–Kier alpha value is -0.650. The second-order valence-electron chi connectivity index (χ2n) is 4.94. The number of hydrogen-bond donors (Lipinski definition) is 1. The van der Waals surface area contributed by atoms with Gasteiger partial charge in [-0.2, -0.15) is 0 Å². The summed E-state index contributed by atoms with van der Waals surface area (Å²) in [7, 11) is 0. The number of aliphatic hydroxyl groups is 1. The van der Waals surface area contributed by atoms with E-state index < -0.39 is 0 Å². The van der Waals surface area contributed by atoms with Gasteiger partial charge in [0.25, 0.3) is 0 Å². The second-order valence-corrected chi connectivity index (χ2v) is 6.00. The van der Waals surface area contributed by atoms with Crippen molar-refractivity contribution < 1.29 is 9.84 Å². The van der Waals surface area contributed by atoms with Crippen LogP contribution in [-0.2, 0) is 17.8 Å². The minimum Gasteiger partial charge on any atom is -0.391 e. The maximum atomic E-state index is 9.42. The Kier molecular flexibility index (Phi) is 5.60. The Bertz CT molecular complexity index is 393. The third-order valence-corrected chi connectivity index (χ3v) is 4.59. The molecule has 4 nitrogen and oxygen atoms in total. The number of aromatic nitrogens is 1. The summed E-state index contributed by atoms with van der Waals surface area (Å²) in [5.41, 5.74) is 1.07. The molecule has 0 bridgehead atoms. The zero-order valence-electron chi connectivity index (χ0n) is 11.9. The highest BCUT2D eigenvalue weighted by atomic mass is 32.1. The van der Waals surface area contributed by atoms with Crippen molar-refractivity contribution in [2.75, 3.05) is 24.6 Å². The van der Waals surface area contributed by atoms with Gasteiger partial charge < -0.3 is 14.7 Å². The number of aliphatic hydroxyl groups excluding tert-OH is 1. The number of rotatable bonds is 6. The SMILES string of the molecule is CCCc1nc(N2CCCC(OCC)C2)sc1CO. The van der Waals surface area contributed by atoms with Crippen LogP contribution < -0.4 is 4.90 Å². The molecule has 19 heavy (non-hydrogen) atoms. The van der Waals surface area contributed by atoms with Crippen LogP contribution in [-0.4, -0.2) is 35.9 Å². The molecule has 0 spiro atoms. The summed E-state index contributed by atoms with van der Waals surface area (Å²) in [4.78, 5) is 8.05. The molecule has 1 N–H and O–H groups in total. The Morgan fingerprint density at radius 3 is 3.00 bits per heavy atom. The van der Waals surface area contributed by atoms with Crippen LogP contribution in [0.2, 0.25) is 0 Å². The Balaban J connectivity index is 2.07. The van der Waals surface area contributed by atoms with Crippen molar-refractivity contribution in [2.45, 2.75) is 52.2 Å². The molecule has 108 valence electrons. The highest BCUT2D eigenvalue weighted by Gasteiger charge is 2.23. The summed E-state index contributed by atoms with van der Waals surface area (Å²) < 4.78 is 5.73. The van der Waals surface area contributed by atoms with Crippen molar-refractivity contribution in [3.8, 4) is 0 Å². The fourth-order valence-electron chi connectivity index (χ4n) is 2.54. The molecule has 0 aliphatic carbocycles. The predicted octanol–water partition coefficient (Wildman–Crippen LogP) is 2.59. The monoisotopic (exact) mass is 284 g/mol. The van der Waals surface area contributed by atoms with Crippen LogP contribution in [0.1, 0.15) is 43.7 Å². The van der Waals surface area contributed by atoms with E-state index in [4.69, 9.17) is 9.72 Å². The van der Waals surface area contributed by atoms with E-state index in [0.717, 1.165) is 61.1 Å². The molecule has 0 amide bonds. The van der Waals surface area contributed by atoms with Crippen LogP contribution in [0.15, 0.2) is 0 Å². The molecule has 1 saturated heterocycles. The second kappa shape index (κ2) is 7.22. The van der Waals surface area contributed by atoms with Crippen molar-refractivity contribution in [1.29, 1.82) is 0 Å². The summed E-state index contributed by atoms with van der Waals surface area (Å²) in [5.74, 6) is 0. The molecular formula is C14H24N2O2S. The number of anilines is 1. The fourth-order valence-corrected chi connectivity index (χ4v) is 3.55. The van der Waals surface area contributed by atoms with E-state index in [0.29, 0.717) is 6.10 Å². The van der Waals surface area contributed by atoms with Crippen LogP contribution in [0.4, 0.5) is 5.13 Å². The predicted molar refractivity (Wildman–Crippen MR) is 78.9 cm³/mol. The van der Waals surface area contributed by atoms with Gasteiger partial charge in [0.1, 0.15) is 0 Å². The van der Waals surface area contributed by atoms with Crippen LogP contribution in [0, 0.1) is 0 Å². The van der Waals surface area contributed by atoms with E-state index in [-0.39, 0.29) is 6.61 Å². The number of nitrogens with zero attached hydrogens (tertiary/aromatic N) is 2. The van der Waals surface area contributed by atoms with Gasteiger partial charge in [0, 0.05) is 19.7 Å². The number of ether oxygens (including phenoxy) is 1. The molecule has 1 aliphatic rings. The first kappa shape index (κ1) is 14.8. The lowest BCUT2D eigenvalue weighted by atomic mass is 10.1. The zero-order valence-corrected chi connectivity index (χ0v) is 12.7. The molecule has 0 saturated carbocycles. The van der Waals surface area contributed by atoms with Crippen molar-refractivity contribution in [2.24, 2.45) is 0 Å². The summed E-state index contributed by atoms with van der Waals surface area (Å²) in [5, 5.41) is 10.5. The van der Waals surface area contributed by atoms with E-state index in [9.17, 15) is 5.11 Å². The summed E-state index contributed by atoms with van der Waals surface area (Å²) in [6, 6.07) is 0. The van der Waals surface area contributed by atoms with Crippen molar-refractivity contribution in [3.63, 3.8) is 0 Å². The van der Waals surface area contributed by atoms with Gasteiger partial charge in [-0.05, 0) is 26.2 Å². The van der Waals surface area contributed by atoms with Crippen LogP contribution in [0.3, 0.4) is 0 Å². The van der Waals surface area contributed by atoms with Gasteiger partial charge in [-0.1, -0.05) is 24.7 Å². The molecule has 1 aromatic rings. The van der Waals surface area contributed by atoms with Gasteiger partial charge >= 0.3 is 0 Å². The van der Waals surface area contributed by atoms with E-state index in [2.05, 4.69) is 11.8 Å². The van der Waals surface area contributed by atoms with Gasteiger partial charge in [0.15, 0.2) is 5.13 Å². The quantitative estimate of drug-likeness (QED) is 0.872. The highest BCUT2D eigenvalue weighted by Crippen LogP contribution is 2.29. The lowest BCUT2D eigenvalue weighted by molar-refractivity contribution is 0.0526. The maximum Gasteiger partial charge on any atom is 0.185 e. The molecular weight excluding hydrogens is 260 g/mol. The topological polar surface area (TPSA) is 45.6 Å². The maximum absolute atomic E-state index is 9.42. The molecule has 1 fully saturated rings. The number of thiazole rings is 1. The molecule has 2 heterocycles. The standard InChI is InChI=1S/C14H24N2O2S/c1-3-6-12-13(10-17)19-14(15-12)16-8-5-7-11(9-16)18-4-2/h11,17H,3-10H2,1-2H3. The average Bonchev–Trinajstić information content (AvgIpc) is 2.83. The Morgan fingerprint density at radius 1 is 1.47 bits per heavy atom. The lowest BCUT2D eigenvalue weighted by Gasteiger charge is -2.32. The van der Waals surface area contributed by atoms with Gasteiger partial charge in [0.2, 0.25) is 0 Å². The first-order chi connectivity index (χ1) is 9.28. The minimum absolute atomic E-state index is 0.107. The average molecular weight is 284 g/mol. The van der Waals surface area contributed by atoms with E-state index in [1.54, 1.807) is 11.3 Å². The van der Waals surface area contributed by atoms with Crippen molar-refractivity contribution >= 4 is 16.5 Å². The summed E-state index contributed by atoms with van der Waals surface area (Å²) in [6.45, 7) is 7.05. The molecule has 1 aromatic heterocycles. The van der Waals surface area contributed by atoms with Crippen LogP contribution in [0.25, 0.3) is 0 Å². The molecule has 2 rings (SSSR count). The molecule has 1 atom stereocenters. The van der Waals surface area contributed by atoms with E-state index >= 15 is 0 Å². The van der Waals surface area contributed by atoms with Crippen molar-refractivity contribution in [1.82, 2.24) is 4.98 Å². The summed E-state index contributed by atoms with van der Waals surface area (Å²) in [6.07, 6.45) is 4.65. The highest BCUT2D eigenvalue weighted by molar-refractivity contribution is 7.15. The third kappa shape index (κ3) is 3.68. The lowest BCUT2D eigenvalue weighted by Crippen LogP contribution is -2.39. The zero-order chi connectivity index (χ0) is 13.7. The largest absolute Gasteiger partial charge is 0.391 e. The minimum atomic E-state index is 0.107. The van der Waals surface area contributed by atoms with E-state index in [1.807, 2.05) is 6.92 Å². The molecule has 1 aliphatic heterocycles. The Morgan fingerprint density at radius 2 is 2.32 bits per heavy atom. The first-order valence-corrected chi connectivity index (χ1v) is 8.06. The third-order valence-electron chi connectivity index (χ3n) is 3.45. The number of hydrogen-bond acceptors (Lipinski definition) is 5. The molecule has 0 radical (unpaired) electrons. The number of piperidine rings is 1. The molecule has 5 heteroatoms. The van der Waals surface area contributed by atoms with Gasteiger partial charge in [0.05, 0.1) is 23.3 Å². The van der Waals surface area contributed by atoms with Crippen molar-refractivity contribution in [3.05, 3.63) is 10.6 Å². The normalized spacial score (nSPS) is 19.9. The van der Waals surface area contributed by atoms with Crippen LogP contribution >= 0.6 is 11.3 Å². The van der Waals surface area contributed by atoms with Gasteiger partial charge in [-0.3, -0.25) is 0 Å².